The van der Waals surface area contributed by atoms with Crippen LogP contribution in [0.2, 0.25) is 0 Å². The summed E-state index contributed by atoms with van der Waals surface area (Å²) in [6.07, 6.45) is 3.47. The number of amides is 2. The maximum atomic E-state index is 13.9. The van der Waals surface area contributed by atoms with E-state index in [2.05, 4.69) is 10.3 Å². The Hall–Kier alpha value is -2.50. The van der Waals surface area contributed by atoms with Gasteiger partial charge in [0.2, 0.25) is 0 Å². The van der Waals surface area contributed by atoms with Gasteiger partial charge in [-0.05, 0) is 38.0 Å². The zero-order valence-electron chi connectivity index (χ0n) is 13.4. The summed E-state index contributed by atoms with van der Waals surface area (Å²) >= 11 is 0. The van der Waals surface area contributed by atoms with Gasteiger partial charge in [0.1, 0.15) is 11.6 Å². The third kappa shape index (κ3) is 3.88. The fourth-order valence-electron chi connectivity index (χ4n) is 2.56. The Morgan fingerprint density at radius 3 is 2.75 bits per heavy atom. The van der Waals surface area contributed by atoms with Crippen molar-refractivity contribution in [1.29, 1.82) is 0 Å². The smallest absolute Gasteiger partial charge is 0.318 e. The molecule has 1 aliphatic rings. The molecule has 1 aromatic carbocycles. The van der Waals surface area contributed by atoms with E-state index >= 15 is 0 Å². The highest BCUT2D eigenvalue weighted by molar-refractivity contribution is 5.75. The highest BCUT2D eigenvalue weighted by Gasteiger charge is 2.33. The van der Waals surface area contributed by atoms with E-state index < -0.39 is 11.6 Å². The molecule has 1 fully saturated rings. The normalized spacial score (nSPS) is 15.0. The molecular weight excluding hydrogens is 312 g/mol. The number of urea groups is 1. The van der Waals surface area contributed by atoms with Crippen LogP contribution in [0.5, 0.6) is 0 Å². The van der Waals surface area contributed by atoms with Crippen molar-refractivity contribution in [3.63, 3.8) is 0 Å². The predicted molar refractivity (Wildman–Crippen MR) is 86.1 cm³/mol. The Morgan fingerprint density at radius 2 is 2.12 bits per heavy atom. The molecule has 0 bridgehead atoms. The number of aromatic nitrogens is 1. The van der Waals surface area contributed by atoms with Crippen molar-refractivity contribution in [1.82, 2.24) is 15.2 Å². The number of hydrogen-bond donors (Lipinski definition) is 1. The van der Waals surface area contributed by atoms with Crippen LogP contribution in [-0.4, -0.2) is 22.0 Å². The van der Waals surface area contributed by atoms with Crippen LogP contribution in [0.25, 0.3) is 0 Å². The number of nitrogens with one attached hydrogen (secondary N) is 1. The van der Waals surface area contributed by atoms with Crippen molar-refractivity contribution < 1.29 is 13.6 Å². The van der Waals surface area contributed by atoms with Crippen LogP contribution in [0.15, 0.2) is 42.6 Å². The molecule has 1 saturated carbocycles. The van der Waals surface area contributed by atoms with Gasteiger partial charge in [0.15, 0.2) is 0 Å². The van der Waals surface area contributed by atoms with E-state index in [1.807, 2.05) is 25.1 Å². The van der Waals surface area contributed by atoms with Crippen LogP contribution in [0, 0.1) is 11.6 Å². The first-order chi connectivity index (χ1) is 11.5. The van der Waals surface area contributed by atoms with Crippen molar-refractivity contribution in [2.45, 2.75) is 38.4 Å². The summed E-state index contributed by atoms with van der Waals surface area (Å²) < 4.78 is 26.9. The van der Waals surface area contributed by atoms with Crippen LogP contribution in [0.3, 0.4) is 0 Å². The van der Waals surface area contributed by atoms with Gasteiger partial charge in [0.25, 0.3) is 0 Å². The molecule has 1 aromatic heterocycles. The molecule has 3 rings (SSSR count). The minimum atomic E-state index is -0.633. The lowest BCUT2D eigenvalue weighted by molar-refractivity contribution is 0.187. The zero-order chi connectivity index (χ0) is 17.1. The molecule has 0 aliphatic heterocycles. The number of pyridine rings is 1. The summed E-state index contributed by atoms with van der Waals surface area (Å²) in [4.78, 5) is 18.4. The summed E-state index contributed by atoms with van der Waals surface area (Å²) in [5.41, 5.74) is 1.07. The minimum absolute atomic E-state index is 0.102. The number of hydrogen-bond acceptors (Lipinski definition) is 2. The molecular formula is C18H19F2N3O. The largest absolute Gasteiger partial charge is 0.330 e. The third-order valence-electron chi connectivity index (χ3n) is 4.08. The summed E-state index contributed by atoms with van der Waals surface area (Å²) in [6.45, 7) is 1.97. The quantitative estimate of drug-likeness (QED) is 0.906. The van der Waals surface area contributed by atoms with Crippen LogP contribution >= 0.6 is 0 Å². The van der Waals surface area contributed by atoms with Crippen molar-refractivity contribution in [2.75, 3.05) is 0 Å². The maximum Gasteiger partial charge on any atom is 0.318 e. The van der Waals surface area contributed by atoms with Crippen LogP contribution in [0.1, 0.15) is 37.1 Å². The van der Waals surface area contributed by atoms with E-state index in [0.29, 0.717) is 5.56 Å². The van der Waals surface area contributed by atoms with Crippen molar-refractivity contribution in [2.24, 2.45) is 0 Å². The number of carbonyl (C=O) groups is 1. The number of rotatable bonds is 5. The number of carbonyl (C=O) groups excluding carboxylic acids is 1. The molecule has 0 spiro atoms. The fourth-order valence-corrected chi connectivity index (χ4v) is 2.56. The first kappa shape index (κ1) is 16.4. The lowest BCUT2D eigenvalue weighted by Gasteiger charge is -2.25. The first-order valence-corrected chi connectivity index (χ1v) is 7.96. The first-order valence-electron chi connectivity index (χ1n) is 7.96. The van der Waals surface area contributed by atoms with E-state index in [-0.39, 0.29) is 24.7 Å². The minimum Gasteiger partial charge on any atom is -0.330 e. The second kappa shape index (κ2) is 6.95. The molecule has 2 amide bonds. The van der Waals surface area contributed by atoms with E-state index in [1.165, 1.54) is 12.1 Å². The Balaban J connectivity index is 1.70. The van der Waals surface area contributed by atoms with Crippen LogP contribution in [0.4, 0.5) is 13.6 Å². The van der Waals surface area contributed by atoms with Gasteiger partial charge in [-0.3, -0.25) is 4.98 Å². The standard InChI is InChI=1S/C18H19F2N3O/c1-12(17-4-2-3-9-21-17)22-18(24)23(15-7-8-15)11-13-5-6-14(19)10-16(13)20/h2-6,9-10,12,15H,7-8,11H2,1H3,(H,22,24)/t12-/m1/s1. The van der Waals surface area contributed by atoms with Crippen LogP contribution in [-0.2, 0) is 6.54 Å². The highest BCUT2D eigenvalue weighted by Crippen LogP contribution is 2.29. The van der Waals surface area contributed by atoms with E-state index in [9.17, 15) is 13.6 Å². The Bertz CT molecular complexity index is 719. The van der Waals surface area contributed by atoms with E-state index in [4.69, 9.17) is 0 Å². The SMILES string of the molecule is C[C@@H](NC(=O)N(Cc1ccc(F)cc1F)C1CC1)c1ccccn1. The van der Waals surface area contributed by atoms with Crippen molar-refractivity contribution in [3.05, 3.63) is 65.5 Å². The molecule has 0 radical (unpaired) electrons. The van der Waals surface area contributed by atoms with Gasteiger partial charge in [0.05, 0.1) is 18.3 Å². The monoisotopic (exact) mass is 331 g/mol. The van der Waals surface area contributed by atoms with Crippen LogP contribution < -0.4 is 5.32 Å². The van der Waals surface area contributed by atoms with Gasteiger partial charge in [-0.25, -0.2) is 13.6 Å². The summed E-state index contributed by atoms with van der Waals surface area (Å²) in [7, 11) is 0. The molecule has 0 saturated heterocycles. The second-order valence-corrected chi connectivity index (χ2v) is 6.02. The summed E-state index contributed by atoms with van der Waals surface area (Å²) in [6, 6.07) is 8.53. The molecule has 1 atom stereocenters. The summed E-state index contributed by atoms with van der Waals surface area (Å²) in [5, 5.41) is 2.90. The molecule has 4 nitrogen and oxygen atoms in total. The number of benzene rings is 1. The van der Waals surface area contributed by atoms with Gasteiger partial charge in [0, 0.05) is 23.9 Å². The lowest BCUT2D eigenvalue weighted by Crippen LogP contribution is -2.42. The molecule has 6 heteroatoms. The molecule has 0 unspecified atom stereocenters. The molecule has 2 aromatic rings. The van der Waals surface area contributed by atoms with Gasteiger partial charge < -0.3 is 10.2 Å². The zero-order valence-corrected chi connectivity index (χ0v) is 13.4. The topological polar surface area (TPSA) is 45.2 Å². The second-order valence-electron chi connectivity index (χ2n) is 6.02. The molecule has 1 heterocycles. The lowest BCUT2D eigenvalue weighted by atomic mass is 10.2. The van der Waals surface area contributed by atoms with Gasteiger partial charge in [-0.2, -0.15) is 0 Å². The predicted octanol–water partition coefficient (Wildman–Crippen LogP) is 3.80. The summed E-state index contributed by atoms with van der Waals surface area (Å²) in [5.74, 6) is -1.26. The van der Waals surface area contributed by atoms with Gasteiger partial charge in [-0.1, -0.05) is 12.1 Å². The molecule has 24 heavy (non-hydrogen) atoms. The highest BCUT2D eigenvalue weighted by atomic mass is 19.1. The average Bonchev–Trinajstić information content (AvgIpc) is 3.39. The van der Waals surface area contributed by atoms with Gasteiger partial charge in [-0.15, -0.1) is 0 Å². The Labute approximate surface area is 139 Å². The number of nitrogens with zero attached hydrogens (tertiary/aromatic N) is 2. The Kier molecular flexibility index (Phi) is 4.74. The molecule has 126 valence electrons. The fraction of sp³-hybridized carbons (Fsp3) is 0.333. The molecule has 1 N–H and O–H groups in total. The molecule has 1 aliphatic carbocycles. The van der Waals surface area contributed by atoms with Crippen molar-refractivity contribution >= 4 is 6.03 Å². The maximum absolute atomic E-state index is 13.9. The van der Waals surface area contributed by atoms with E-state index in [0.717, 1.165) is 24.6 Å². The van der Waals surface area contributed by atoms with Gasteiger partial charge >= 0.3 is 6.03 Å². The average molecular weight is 331 g/mol. The van der Waals surface area contributed by atoms with Crippen molar-refractivity contribution in [3.8, 4) is 0 Å². The number of halogens is 2. The van der Waals surface area contributed by atoms with E-state index in [1.54, 1.807) is 11.1 Å². The third-order valence-corrected chi connectivity index (χ3v) is 4.08. The Morgan fingerprint density at radius 1 is 1.33 bits per heavy atom.